The Balaban J connectivity index is 1.37. The first-order valence-electron chi connectivity index (χ1n) is 8.89. The van der Waals surface area contributed by atoms with E-state index in [-0.39, 0.29) is 24.9 Å². The van der Waals surface area contributed by atoms with Crippen molar-refractivity contribution in [1.29, 1.82) is 0 Å². The zero-order valence-electron chi connectivity index (χ0n) is 15.4. The van der Waals surface area contributed by atoms with Crippen LogP contribution in [0, 0.1) is 0 Å². The lowest BCUT2D eigenvalue weighted by atomic mass is 10.1. The first-order chi connectivity index (χ1) is 14.4. The van der Waals surface area contributed by atoms with Crippen molar-refractivity contribution in [2.75, 3.05) is 6.79 Å². The van der Waals surface area contributed by atoms with Gasteiger partial charge in [-0.05, 0) is 60.7 Å². The van der Waals surface area contributed by atoms with Gasteiger partial charge in [-0.25, -0.2) is 0 Å². The molecule has 0 aliphatic carbocycles. The number of ether oxygens (including phenoxy) is 3. The molecule has 5 nitrogen and oxygen atoms in total. The number of carbonyl (C=O) groups is 1. The highest BCUT2D eigenvalue weighted by Gasteiger charge is 2.30. The number of carbonyl (C=O) groups excluding carboxylic acids is 1. The van der Waals surface area contributed by atoms with Crippen LogP contribution >= 0.6 is 0 Å². The molecule has 0 unspecified atom stereocenters. The molecule has 154 valence electrons. The first kappa shape index (κ1) is 19.6. The highest BCUT2D eigenvalue weighted by molar-refractivity contribution is 6.07. The van der Waals surface area contributed by atoms with Gasteiger partial charge in [0.2, 0.25) is 6.79 Å². The van der Waals surface area contributed by atoms with Crippen LogP contribution in [0.25, 0.3) is 6.08 Å². The van der Waals surface area contributed by atoms with Crippen LogP contribution in [0.2, 0.25) is 0 Å². The quantitative estimate of drug-likeness (QED) is 0.392. The molecule has 4 rings (SSSR count). The maximum absolute atomic E-state index is 12.7. The summed E-state index contributed by atoms with van der Waals surface area (Å²) in [4.78, 5) is 12.3. The molecule has 0 amide bonds. The predicted molar refractivity (Wildman–Crippen MR) is 100 cm³/mol. The fraction of sp³-hybridized carbons (Fsp3) is 0.136. The van der Waals surface area contributed by atoms with E-state index in [2.05, 4.69) is 0 Å². The van der Waals surface area contributed by atoms with Crippen LogP contribution in [-0.4, -0.2) is 12.6 Å². The summed E-state index contributed by atoms with van der Waals surface area (Å²) < 4.78 is 59.6. The number of alkyl halides is 3. The second-order valence-electron chi connectivity index (χ2n) is 6.38. The van der Waals surface area contributed by atoms with Crippen LogP contribution < -0.4 is 14.2 Å². The average molecular weight is 416 g/mol. The van der Waals surface area contributed by atoms with Crippen molar-refractivity contribution in [3.8, 4) is 17.2 Å². The second-order valence-corrected chi connectivity index (χ2v) is 6.38. The topological polar surface area (TPSA) is 57.9 Å². The molecule has 2 aromatic carbocycles. The van der Waals surface area contributed by atoms with Gasteiger partial charge in [-0.2, -0.15) is 13.2 Å². The van der Waals surface area contributed by atoms with Gasteiger partial charge < -0.3 is 18.6 Å². The third-order valence-corrected chi connectivity index (χ3v) is 4.28. The van der Waals surface area contributed by atoms with E-state index < -0.39 is 11.7 Å². The number of fused-ring (bicyclic) bond motifs is 1. The Hall–Kier alpha value is -3.68. The molecular formula is C22H15F3O5. The van der Waals surface area contributed by atoms with E-state index in [1.807, 2.05) is 0 Å². The fourth-order valence-corrected chi connectivity index (χ4v) is 2.78. The molecule has 0 spiro atoms. The Morgan fingerprint density at radius 3 is 2.70 bits per heavy atom. The SMILES string of the molecule is O=C(/C=C/c1ccc(COc2cccc(C(F)(F)F)c2)o1)c1ccc2c(c1)OCO2. The van der Waals surface area contributed by atoms with E-state index in [0.29, 0.717) is 28.6 Å². The Bertz CT molecular complexity index is 1100. The van der Waals surface area contributed by atoms with Gasteiger partial charge in [0, 0.05) is 5.56 Å². The molecule has 0 saturated carbocycles. The van der Waals surface area contributed by atoms with Gasteiger partial charge in [0.05, 0.1) is 5.56 Å². The van der Waals surface area contributed by atoms with Gasteiger partial charge in [0.1, 0.15) is 23.9 Å². The van der Waals surface area contributed by atoms with Crippen LogP contribution in [-0.2, 0) is 12.8 Å². The summed E-state index contributed by atoms with van der Waals surface area (Å²) in [6.07, 6.45) is -1.58. The molecule has 3 aromatic rings. The maximum Gasteiger partial charge on any atom is 0.416 e. The van der Waals surface area contributed by atoms with Crippen LogP contribution in [0.1, 0.15) is 27.4 Å². The molecule has 0 atom stereocenters. The summed E-state index contributed by atoms with van der Waals surface area (Å²) in [5.74, 6) is 1.75. The second kappa shape index (κ2) is 7.98. The van der Waals surface area contributed by atoms with E-state index in [9.17, 15) is 18.0 Å². The van der Waals surface area contributed by atoms with Gasteiger partial charge in [-0.1, -0.05) is 6.07 Å². The van der Waals surface area contributed by atoms with Gasteiger partial charge in [0.15, 0.2) is 17.3 Å². The van der Waals surface area contributed by atoms with Crippen molar-refractivity contribution in [1.82, 2.24) is 0 Å². The average Bonchev–Trinajstić information content (AvgIpc) is 3.38. The van der Waals surface area contributed by atoms with Gasteiger partial charge in [-0.3, -0.25) is 4.79 Å². The maximum atomic E-state index is 12.7. The van der Waals surface area contributed by atoms with E-state index in [0.717, 1.165) is 12.1 Å². The van der Waals surface area contributed by atoms with Crippen molar-refractivity contribution in [2.45, 2.75) is 12.8 Å². The van der Waals surface area contributed by atoms with Crippen LogP contribution in [0.5, 0.6) is 17.2 Å². The third kappa shape index (κ3) is 4.48. The zero-order chi connectivity index (χ0) is 21.1. The van der Waals surface area contributed by atoms with E-state index in [1.165, 1.54) is 24.3 Å². The monoisotopic (exact) mass is 416 g/mol. The largest absolute Gasteiger partial charge is 0.486 e. The summed E-state index contributed by atoms with van der Waals surface area (Å²) in [5.41, 5.74) is -0.347. The van der Waals surface area contributed by atoms with Crippen LogP contribution in [0.3, 0.4) is 0 Å². The first-order valence-corrected chi connectivity index (χ1v) is 8.89. The summed E-state index contributed by atoms with van der Waals surface area (Å²) in [7, 11) is 0. The number of rotatable bonds is 6. The summed E-state index contributed by atoms with van der Waals surface area (Å²) in [6.45, 7) is 0.0752. The number of halogens is 3. The lowest BCUT2D eigenvalue weighted by Crippen LogP contribution is -2.05. The minimum Gasteiger partial charge on any atom is -0.486 e. The zero-order valence-corrected chi connectivity index (χ0v) is 15.4. The van der Waals surface area contributed by atoms with Gasteiger partial charge in [0.25, 0.3) is 0 Å². The highest BCUT2D eigenvalue weighted by Crippen LogP contribution is 2.33. The highest BCUT2D eigenvalue weighted by atomic mass is 19.4. The van der Waals surface area contributed by atoms with E-state index in [4.69, 9.17) is 18.6 Å². The number of furan rings is 1. The number of allylic oxidation sites excluding steroid dienone is 1. The van der Waals surface area contributed by atoms with Gasteiger partial charge >= 0.3 is 6.18 Å². The van der Waals surface area contributed by atoms with Crippen molar-refractivity contribution in [3.63, 3.8) is 0 Å². The van der Waals surface area contributed by atoms with Crippen LogP contribution in [0.4, 0.5) is 13.2 Å². The normalized spacial score (nSPS) is 13.0. The number of hydrogen-bond acceptors (Lipinski definition) is 5. The molecule has 0 bridgehead atoms. The molecule has 0 N–H and O–H groups in total. The number of benzene rings is 2. The Kier molecular flexibility index (Phi) is 5.22. The predicted octanol–water partition coefficient (Wildman–Crippen LogP) is 5.50. The lowest BCUT2D eigenvalue weighted by Gasteiger charge is -2.09. The van der Waals surface area contributed by atoms with Crippen molar-refractivity contribution in [3.05, 3.63) is 83.3 Å². The smallest absolute Gasteiger partial charge is 0.416 e. The molecule has 1 aliphatic rings. The summed E-state index contributed by atoms with van der Waals surface area (Å²) in [5, 5.41) is 0. The van der Waals surface area contributed by atoms with E-state index in [1.54, 1.807) is 30.3 Å². The molecule has 0 radical (unpaired) electrons. The Labute approximate surface area is 169 Å². The standard InChI is InChI=1S/C22H15F3O5/c23-22(24,25)15-2-1-3-17(11-15)27-12-18-6-5-16(30-18)7-8-19(26)14-4-9-20-21(10-14)29-13-28-20/h1-11H,12-13H2/b8-7+. The van der Waals surface area contributed by atoms with Gasteiger partial charge in [-0.15, -0.1) is 0 Å². The molecular weight excluding hydrogens is 401 g/mol. The molecule has 0 saturated heterocycles. The minimum absolute atomic E-state index is 0.0503. The third-order valence-electron chi connectivity index (χ3n) is 4.28. The summed E-state index contributed by atoms with van der Waals surface area (Å²) >= 11 is 0. The number of hydrogen-bond donors (Lipinski definition) is 0. The molecule has 8 heteroatoms. The summed E-state index contributed by atoms with van der Waals surface area (Å²) in [6, 6.07) is 12.8. The Morgan fingerprint density at radius 2 is 1.87 bits per heavy atom. The molecule has 2 heterocycles. The fourth-order valence-electron chi connectivity index (χ4n) is 2.78. The van der Waals surface area contributed by atoms with Crippen molar-refractivity contribution < 1.29 is 36.6 Å². The lowest BCUT2D eigenvalue weighted by molar-refractivity contribution is -0.137. The number of ketones is 1. The molecule has 1 aromatic heterocycles. The minimum atomic E-state index is -4.44. The molecule has 0 fully saturated rings. The van der Waals surface area contributed by atoms with E-state index >= 15 is 0 Å². The van der Waals surface area contributed by atoms with Crippen LogP contribution in [0.15, 0.2) is 65.1 Å². The Morgan fingerprint density at radius 1 is 1.03 bits per heavy atom. The van der Waals surface area contributed by atoms with Crippen molar-refractivity contribution in [2.24, 2.45) is 0 Å². The molecule has 30 heavy (non-hydrogen) atoms. The molecule has 1 aliphatic heterocycles. The van der Waals surface area contributed by atoms with Crippen molar-refractivity contribution >= 4 is 11.9 Å².